The van der Waals surface area contributed by atoms with Gasteiger partial charge in [0.25, 0.3) is 0 Å². The van der Waals surface area contributed by atoms with Crippen molar-refractivity contribution in [3.05, 3.63) is 0 Å². The molecule has 0 spiro atoms. The summed E-state index contributed by atoms with van der Waals surface area (Å²) in [4.78, 5) is 14.4. The molecule has 5 nitrogen and oxygen atoms in total. The Morgan fingerprint density at radius 2 is 1.81 bits per heavy atom. The van der Waals surface area contributed by atoms with Crippen molar-refractivity contribution < 1.29 is 14.3 Å². The maximum Gasteiger partial charge on any atom is 0.324 e. The van der Waals surface area contributed by atoms with Crippen LogP contribution in [-0.2, 0) is 14.3 Å². The Morgan fingerprint density at radius 1 is 1.24 bits per heavy atom. The third-order valence-corrected chi connectivity index (χ3v) is 3.41. The quantitative estimate of drug-likeness (QED) is 0.727. The highest BCUT2D eigenvalue weighted by atomic mass is 16.5. The van der Waals surface area contributed by atoms with Gasteiger partial charge in [0, 0.05) is 19.6 Å². The van der Waals surface area contributed by atoms with Gasteiger partial charge in [0.15, 0.2) is 0 Å². The molecule has 5 heteroatoms. The Balaban J connectivity index is 2.70. The number of ether oxygens (including phenoxy) is 2. The highest BCUT2D eigenvalue weighted by Gasteiger charge is 2.39. The van der Waals surface area contributed by atoms with Crippen LogP contribution >= 0.6 is 0 Å². The van der Waals surface area contributed by atoms with Crippen molar-refractivity contribution in [2.24, 2.45) is 0 Å². The van der Waals surface area contributed by atoms with Crippen molar-refractivity contribution in [3.8, 4) is 0 Å². The van der Waals surface area contributed by atoms with E-state index in [4.69, 9.17) is 9.47 Å². The first kappa shape index (κ1) is 18.4. The Hall–Kier alpha value is -0.650. The lowest BCUT2D eigenvalue weighted by Crippen LogP contribution is -2.60. The predicted molar refractivity (Wildman–Crippen MR) is 84.4 cm³/mol. The first-order chi connectivity index (χ1) is 9.69. The molecule has 0 aromatic carbocycles. The summed E-state index contributed by atoms with van der Waals surface area (Å²) < 4.78 is 11.3. The normalized spacial score (nSPS) is 22.8. The average Bonchev–Trinajstić information content (AvgIpc) is 2.30. The molecule has 0 aliphatic carbocycles. The van der Waals surface area contributed by atoms with E-state index in [-0.39, 0.29) is 23.2 Å². The van der Waals surface area contributed by atoms with Crippen molar-refractivity contribution in [1.82, 2.24) is 10.2 Å². The van der Waals surface area contributed by atoms with Crippen molar-refractivity contribution in [2.75, 3.05) is 32.8 Å². The van der Waals surface area contributed by atoms with Gasteiger partial charge in [0.05, 0.1) is 17.8 Å². The molecule has 21 heavy (non-hydrogen) atoms. The molecule has 1 heterocycles. The number of hydrogen-bond donors (Lipinski definition) is 1. The number of morpholine rings is 1. The number of carbonyl (C=O) groups excluding carboxylic acids is 1. The minimum atomic E-state index is -0.269. The van der Waals surface area contributed by atoms with Crippen LogP contribution in [0.25, 0.3) is 0 Å². The molecular formula is C16H32N2O3. The molecule has 1 unspecified atom stereocenters. The Labute approximate surface area is 129 Å². The van der Waals surface area contributed by atoms with E-state index in [0.717, 1.165) is 26.1 Å². The number of esters is 1. The Kier molecular flexibility index (Phi) is 6.63. The van der Waals surface area contributed by atoms with Gasteiger partial charge < -0.3 is 14.8 Å². The summed E-state index contributed by atoms with van der Waals surface area (Å²) in [5, 5.41) is 3.30. The Bertz CT molecular complexity index is 326. The maximum absolute atomic E-state index is 12.1. The van der Waals surface area contributed by atoms with E-state index in [9.17, 15) is 4.79 Å². The predicted octanol–water partition coefficient (Wildman–Crippen LogP) is 1.81. The largest absolute Gasteiger partial charge is 0.465 e. The fraction of sp³-hybridized carbons (Fsp3) is 0.938. The van der Waals surface area contributed by atoms with Crippen molar-refractivity contribution in [3.63, 3.8) is 0 Å². The molecule has 1 saturated heterocycles. The number of nitrogens with zero attached hydrogens (tertiary/aromatic N) is 1. The van der Waals surface area contributed by atoms with E-state index in [0.29, 0.717) is 13.2 Å². The lowest BCUT2D eigenvalue weighted by Gasteiger charge is -2.47. The summed E-state index contributed by atoms with van der Waals surface area (Å²) >= 11 is 0. The molecule has 1 aliphatic rings. The molecule has 1 fully saturated rings. The topological polar surface area (TPSA) is 50.8 Å². The van der Waals surface area contributed by atoms with Crippen LogP contribution in [0.1, 0.15) is 48.0 Å². The third-order valence-electron chi connectivity index (χ3n) is 3.41. The fourth-order valence-corrected chi connectivity index (χ4v) is 3.12. The molecule has 0 amide bonds. The van der Waals surface area contributed by atoms with Crippen molar-refractivity contribution >= 4 is 5.97 Å². The van der Waals surface area contributed by atoms with Crippen LogP contribution < -0.4 is 5.32 Å². The maximum atomic E-state index is 12.1. The summed E-state index contributed by atoms with van der Waals surface area (Å²) in [5.74, 6) is -0.159. The van der Waals surface area contributed by atoms with Gasteiger partial charge in [0.1, 0.15) is 6.04 Å². The molecule has 1 N–H and O–H groups in total. The number of rotatable bonds is 7. The second-order valence-electron chi connectivity index (χ2n) is 7.05. The number of hydrogen-bond acceptors (Lipinski definition) is 5. The molecule has 124 valence electrons. The smallest absolute Gasteiger partial charge is 0.324 e. The lowest BCUT2D eigenvalue weighted by molar-refractivity contribution is -0.183. The standard InChI is InChI=1S/C16H32N2O3/c1-7-9-17-13(14(19)20-8-2)10-18-11-15(3,4)21-16(5,6)12-18/h13,17H,7-12H2,1-6H3. The van der Waals surface area contributed by atoms with Crippen LogP contribution in [0.2, 0.25) is 0 Å². The van der Waals surface area contributed by atoms with Crippen LogP contribution in [-0.4, -0.2) is 60.9 Å². The van der Waals surface area contributed by atoms with Crippen molar-refractivity contribution in [1.29, 1.82) is 0 Å². The summed E-state index contributed by atoms with van der Waals surface area (Å²) in [6, 6.07) is -0.269. The van der Waals surface area contributed by atoms with E-state index in [1.807, 2.05) is 6.92 Å². The molecule has 0 radical (unpaired) electrons. The highest BCUT2D eigenvalue weighted by molar-refractivity contribution is 5.76. The van der Waals surface area contributed by atoms with Crippen LogP contribution in [0.5, 0.6) is 0 Å². The molecule has 1 atom stereocenters. The third kappa shape index (κ3) is 6.32. The van der Waals surface area contributed by atoms with Gasteiger partial charge >= 0.3 is 5.97 Å². The molecule has 0 aromatic heterocycles. The zero-order chi connectivity index (χ0) is 16.1. The first-order valence-corrected chi connectivity index (χ1v) is 8.01. The van der Waals surface area contributed by atoms with Gasteiger partial charge in [-0.05, 0) is 47.6 Å². The summed E-state index contributed by atoms with van der Waals surface area (Å²) in [6.45, 7) is 15.9. The SMILES string of the molecule is CCCNC(CN1CC(C)(C)OC(C)(C)C1)C(=O)OCC. The van der Waals surface area contributed by atoms with Gasteiger partial charge in [0.2, 0.25) is 0 Å². The second-order valence-corrected chi connectivity index (χ2v) is 7.05. The molecule has 1 aliphatic heterocycles. The summed E-state index contributed by atoms with van der Waals surface area (Å²) in [6.07, 6.45) is 0.996. The van der Waals surface area contributed by atoms with Crippen LogP contribution in [0.4, 0.5) is 0 Å². The molecule has 0 bridgehead atoms. The van der Waals surface area contributed by atoms with Gasteiger partial charge in [-0.2, -0.15) is 0 Å². The van der Waals surface area contributed by atoms with Crippen molar-refractivity contribution in [2.45, 2.75) is 65.2 Å². The first-order valence-electron chi connectivity index (χ1n) is 8.01. The minimum Gasteiger partial charge on any atom is -0.465 e. The van der Waals surface area contributed by atoms with Gasteiger partial charge in [-0.25, -0.2) is 0 Å². The van der Waals surface area contributed by atoms with E-state index >= 15 is 0 Å². The number of nitrogens with one attached hydrogen (secondary N) is 1. The molecule has 0 saturated carbocycles. The lowest BCUT2D eigenvalue weighted by atomic mass is 9.98. The van der Waals surface area contributed by atoms with Gasteiger partial charge in [-0.1, -0.05) is 6.92 Å². The molecule has 0 aromatic rings. The van der Waals surface area contributed by atoms with Crippen LogP contribution in [0.15, 0.2) is 0 Å². The fourth-order valence-electron chi connectivity index (χ4n) is 3.12. The zero-order valence-corrected chi connectivity index (χ0v) is 14.5. The molecule has 1 rings (SSSR count). The van der Waals surface area contributed by atoms with Gasteiger partial charge in [-0.15, -0.1) is 0 Å². The number of carbonyl (C=O) groups is 1. The Morgan fingerprint density at radius 3 is 2.29 bits per heavy atom. The van der Waals surface area contributed by atoms with E-state index in [1.165, 1.54) is 0 Å². The monoisotopic (exact) mass is 300 g/mol. The van der Waals surface area contributed by atoms with E-state index in [2.05, 4.69) is 44.8 Å². The summed E-state index contributed by atoms with van der Waals surface area (Å²) in [5.41, 5.74) is -0.405. The van der Waals surface area contributed by atoms with Crippen LogP contribution in [0.3, 0.4) is 0 Å². The van der Waals surface area contributed by atoms with Crippen LogP contribution in [0, 0.1) is 0 Å². The average molecular weight is 300 g/mol. The zero-order valence-electron chi connectivity index (χ0n) is 14.5. The molecular weight excluding hydrogens is 268 g/mol. The van der Waals surface area contributed by atoms with E-state index < -0.39 is 0 Å². The minimum absolute atomic E-state index is 0.159. The highest BCUT2D eigenvalue weighted by Crippen LogP contribution is 2.28. The van der Waals surface area contributed by atoms with E-state index in [1.54, 1.807) is 0 Å². The van der Waals surface area contributed by atoms with Gasteiger partial charge in [-0.3, -0.25) is 9.69 Å². The second kappa shape index (κ2) is 7.56. The summed E-state index contributed by atoms with van der Waals surface area (Å²) in [7, 11) is 0.